The Morgan fingerprint density at radius 2 is 1.35 bits per heavy atom. The molecule has 0 amide bonds. The van der Waals surface area contributed by atoms with Gasteiger partial charge in [-0.1, -0.05) is 0 Å². The molecule has 138 valence electrons. The van der Waals surface area contributed by atoms with Crippen LogP contribution in [0, 0.1) is 0 Å². The van der Waals surface area contributed by atoms with E-state index in [4.69, 9.17) is 10.5 Å². The van der Waals surface area contributed by atoms with Gasteiger partial charge in [-0.05, 0) is 37.1 Å². The normalized spacial score (nSPS) is 17.7. The van der Waals surface area contributed by atoms with Crippen LogP contribution in [0.15, 0.2) is 30.6 Å². The van der Waals surface area contributed by atoms with Gasteiger partial charge in [-0.3, -0.25) is 0 Å². The standard InChI is InChI=1S/C19H26N6O/c1-26-16-6-4-15(5-7-16)23-10-12-25(13-11-23)19-17(20)18(21-14-22-19)24-8-2-3-9-24/h4-7,14H,2-3,8-13,20H2,1H3. The van der Waals surface area contributed by atoms with Gasteiger partial charge < -0.3 is 25.2 Å². The van der Waals surface area contributed by atoms with Gasteiger partial charge in [0, 0.05) is 45.0 Å². The zero-order chi connectivity index (χ0) is 17.9. The number of benzene rings is 1. The largest absolute Gasteiger partial charge is 0.497 e. The van der Waals surface area contributed by atoms with Gasteiger partial charge >= 0.3 is 0 Å². The molecule has 2 saturated heterocycles. The van der Waals surface area contributed by atoms with Crippen molar-refractivity contribution in [2.45, 2.75) is 12.8 Å². The Bertz CT molecular complexity index is 736. The van der Waals surface area contributed by atoms with E-state index in [0.717, 1.165) is 56.7 Å². The molecule has 0 atom stereocenters. The van der Waals surface area contributed by atoms with Crippen molar-refractivity contribution in [3.8, 4) is 5.75 Å². The van der Waals surface area contributed by atoms with Crippen LogP contribution in [0.25, 0.3) is 0 Å². The lowest BCUT2D eigenvalue weighted by Gasteiger charge is -2.37. The predicted octanol–water partition coefficient (Wildman–Crippen LogP) is 1.99. The summed E-state index contributed by atoms with van der Waals surface area (Å²) in [6.45, 7) is 5.74. The van der Waals surface area contributed by atoms with Crippen molar-refractivity contribution in [1.82, 2.24) is 9.97 Å². The molecular weight excluding hydrogens is 328 g/mol. The van der Waals surface area contributed by atoms with E-state index in [-0.39, 0.29) is 0 Å². The van der Waals surface area contributed by atoms with Gasteiger partial charge in [0.15, 0.2) is 11.6 Å². The third-order valence-electron chi connectivity index (χ3n) is 5.26. The van der Waals surface area contributed by atoms with Crippen molar-refractivity contribution in [3.63, 3.8) is 0 Å². The van der Waals surface area contributed by atoms with E-state index in [0.29, 0.717) is 5.69 Å². The van der Waals surface area contributed by atoms with Crippen molar-refractivity contribution < 1.29 is 4.74 Å². The topological polar surface area (TPSA) is 70.8 Å². The summed E-state index contributed by atoms with van der Waals surface area (Å²) in [5.41, 5.74) is 8.37. The SMILES string of the molecule is COc1ccc(N2CCN(c3ncnc(N4CCCC4)c3N)CC2)cc1. The van der Waals surface area contributed by atoms with Crippen molar-refractivity contribution >= 4 is 23.0 Å². The van der Waals surface area contributed by atoms with Crippen molar-refractivity contribution in [2.75, 3.05) is 66.8 Å². The zero-order valence-corrected chi connectivity index (χ0v) is 15.3. The third kappa shape index (κ3) is 3.21. The average Bonchev–Trinajstić information content (AvgIpc) is 3.23. The Labute approximate surface area is 154 Å². The number of hydrogen-bond acceptors (Lipinski definition) is 7. The molecule has 7 heteroatoms. The Balaban J connectivity index is 1.45. The number of rotatable bonds is 4. The second-order valence-electron chi connectivity index (χ2n) is 6.80. The lowest BCUT2D eigenvalue weighted by atomic mass is 10.2. The number of nitrogens with two attached hydrogens (primary N) is 1. The van der Waals surface area contributed by atoms with Crippen molar-refractivity contribution in [3.05, 3.63) is 30.6 Å². The molecule has 26 heavy (non-hydrogen) atoms. The van der Waals surface area contributed by atoms with Crippen LogP contribution in [0.2, 0.25) is 0 Å². The summed E-state index contributed by atoms with van der Waals surface area (Å²) in [7, 11) is 1.69. The number of hydrogen-bond donors (Lipinski definition) is 1. The summed E-state index contributed by atoms with van der Waals surface area (Å²) in [6, 6.07) is 8.23. The molecule has 0 aliphatic carbocycles. The fourth-order valence-electron chi connectivity index (χ4n) is 3.78. The van der Waals surface area contributed by atoms with Crippen molar-refractivity contribution in [2.24, 2.45) is 0 Å². The van der Waals surface area contributed by atoms with E-state index in [1.165, 1.54) is 18.5 Å². The fraction of sp³-hybridized carbons (Fsp3) is 0.474. The van der Waals surface area contributed by atoms with Gasteiger partial charge in [-0.15, -0.1) is 0 Å². The Hall–Kier alpha value is -2.70. The average molecular weight is 354 g/mol. The fourth-order valence-corrected chi connectivity index (χ4v) is 3.78. The Morgan fingerprint density at radius 1 is 0.808 bits per heavy atom. The molecule has 2 N–H and O–H groups in total. The maximum absolute atomic E-state index is 6.44. The first-order chi connectivity index (χ1) is 12.8. The van der Waals surface area contributed by atoms with Gasteiger partial charge in [0.05, 0.1) is 7.11 Å². The summed E-state index contributed by atoms with van der Waals surface area (Å²) >= 11 is 0. The van der Waals surface area contributed by atoms with E-state index in [2.05, 4.69) is 36.8 Å². The van der Waals surface area contributed by atoms with Gasteiger partial charge in [-0.25, -0.2) is 9.97 Å². The monoisotopic (exact) mass is 354 g/mol. The molecule has 1 aromatic heterocycles. The molecule has 0 spiro atoms. The molecule has 0 saturated carbocycles. The summed E-state index contributed by atoms with van der Waals surface area (Å²) in [4.78, 5) is 15.8. The predicted molar refractivity (Wildman–Crippen MR) is 105 cm³/mol. The maximum Gasteiger partial charge on any atom is 0.157 e. The lowest BCUT2D eigenvalue weighted by molar-refractivity contribution is 0.415. The van der Waals surface area contributed by atoms with Crippen LogP contribution < -0.4 is 25.2 Å². The minimum atomic E-state index is 0.715. The van der Waals surface area contributed by atoms with Crippen LogP contribution in [0.4, 0.5) is 23.0 Å². The Morgan fingerprint density at radius 3 is 1.92 bits per heavy atom. The number of nitrogens with zero attached hydrogens (tertiary/aromatic N) is 5. The smallest absolute Gasteiger partial charge is 0.157 e. The van der Waals surface area contributed by atoms with Crippen LogP contribution in [-0.4, -0.2) is 56.3 Å². The lowest BCUT2D eigenvalue weighted by Crippen LogP contribution is -2.47. The highest BCUT2D eigenvalue weighted by Crippen LogP contribution is 2.31. The van der Waals surface area contributed by atoms with E-state index >= 15 is 0 Å². The Kier molecular flexibility index (Phi) is 4.69. The summed E-state index contributed by atoms with van der Waals surface area (Å²) in [5.74, 6) is 2.65. The third-order valence-corrected chi connectivity index (χ3v) is 5.26. The van der Waals surface area contributed by atoms with Gasteiger partial charge in [0.1, 0.15) is 17.8 Å². The quantitative estimate of drug-likeness (QED) is 0.900. The molecule has 3 heterocycles. The molecule has 2 aliphatic heterocycles. The first-order valence-corrected chi connectivity index (χ1v) is 9.25. The van der Waals surface area contributed by atoms with Crippen LogP contribution in [-0.2, 0) is 0 Å². The molecule has 0 radical (unpaired) electrons. The number of anilines is 4. The number of nitrogen functional groups attached to an aromatic ring is 1. The molecule has 0 bridgehead atoms. The molecule has 4 rings (SSSR count). The summed E-state index contributed by atoms with van der Waals surface area (Å²) in [6.07, 6.45) is 4.06. The first-order valence-electron chi connectivity index (χ1n) is 9.25. The summed E-state index contributed by atoms with van der Waals surface area (Å²) in [5, 5.41) is 0. The molecule has 2 aromatic rings. The highest BCUT2D eigenvalue weighted by atomic mass is 16.5. The first kappa shape index (κ1) is 16.8. The van der Waals surface area contributed by atoms with E-state index in [9.17, 15) is 0 Å². The molecule has 7 nitrogen and oxygen atoms in total. The second kappa shape index (κ2) is 7.27. The van der Waals surface area contributed by atoms with Crippen LogP contribution >= 0.6 is 0 Å². The number of methoxy groups -OCH3 is 1. The minimum Gasteiger partial charge on any atom is -0.497 e. The van der Waals surface area contributed by atoms with Crippen LogP contribution in [0.1, 0.15) is 12.8 Å². The molecular formula is C19H26N6O. The van der Waals surface area contributed by atoms with E-state index < -0.39 is 0 Å². The highest BCUT2D eigenvalue weighted by molar-refractivity contribution is 5.76. The molecule has 0 unspecified atom stereocenters. The molecule has 2 fully saturated rings. The molecule has 1 aromatic carbocycles. The number of piperazine rings is 1. The molecule has 2 aliphatic rings. The van der Waals surface area contributed by atoms with Crippen LogP contribution in [0.5, 0.6) is 5.75 Å². The zero-order valence-electron chi connectivity index (χ0n) is 15.3. The van der Waals surface area contributed by atoms with Gasteiger partial charge in [0.2, 0.25) is 0 Å². The van der Waals surface area contributed by atoms with Crippen LogP contribution in [0.3, 0.4) is 0 Å². The van der Waals surface area contributed by atoms with E-state index in [1.54, 1.807) is 13.4 Å². The maximum atomic E-state index is 6.44. The second-order valence-corrected chi connectivity index (χ2v) is 6.80. The number of ether oxygens (including phenoxy) is 1. The summed E-state index contributed by atoms with van der Waals surface area (Å²) < 4.78 is 5.24. The van der Waals surface area contributed by atoms with Crippen molar-refractivity contribution in [1.29, 1.82) is 0 Å². The van der Waals surface area contributed by atoms with Gasteiger partial charge in [-0.2, -0.15) is 0 Å². The van der Waals surface area contributed by atoms with Gasteiger partial charge in [0.25, 0.3) is 0 Å². The highest BCUT2D eigenvalue weighted by Gasteiger charge is 2.24. The minimum absolute atomic E-state index is 0.715. The number of aromatic nitrogens is 2. The van der Waals surface area contributed by atoms with E-state index in [1.807, 2.05) is 12.1 Å².